The Hall–Kier alpha value is -2.47. The molecule has 0 fully saturated rings. The number of hydrogen-bond acceptors (Lipinski definition) is 5. The highest BCUT2D eigenvalue weighted by molar-refractivity contribution is 7.98. The van der Waals surface area contributed by atoms with E-state index in [0.29, 0.717) is 5.96 Å². The van der Waals surface area contributed by atoms with Gasteiger partial charge in [0.25, 0.3) is 0 Å². The van der Waals surface area contributed by atoms with Gasteiger partial charge >= 0.3 is 0 Å². The van der Waals surface area contributed by atoms with E-state index in [-0.39, 0.29) is 6.17 Å². The molecule has 2 aromatic carbocycles. The molecule has 0 unspecified atom stereocenters. The van der Waals surface area contributed by atoms with Crippen LogP contribution in [0, 0.1) is 0 Å². The van der Waals surface area contributed by atoms with Crippen LogP contribution in [0.15, 0.2) is 58.4 Å². The molecule has 0 bridgehead atoms. The van der Waals surface area contributed by atoms with Crippen LogP contribution in [0.25, 0.3) is 11.0 Å². The van der Waals surface area contributed by atoms with E-state index in [4.69, 9.17) is 5.73 Å². The highest BCUT2D eigenvalue weighted by atomic mass is 32.2. The van der Waals surface area contributed by atoms with Gasteiger partial charge in [-0.1, -0.05) is 24.3 Å². The fourth-order valence-electron chi connectivity index (χ4n) is 2.72. The maximum absolute atomic E-state index is 5.94. The highest BCUT2D eigenvalue weighted by Gasteiger charge is 2.24. The van der Waals surface area contributed by atoms with Crippen molar-refractivity contribution in [3.8, 4) is 0 Å². The van der Waals surface area contributed by atoms with E-state index < -0.39 is 0 Å². The second kappa shape index (κ2) is 5.06. The molecule has 0 spiro atoms. The lowest BCUT2D eigenvalue weighted by Crippen LogP contribution is -2.31. The van der Waals surface area contributed by atoms with Gasteiger partial charge in [-0.3, -0.25) is 9.88 Å². The van der Waals surface area contributed by atoms with Crippen molar-refractivity contribution in [1.29, 1.82) is 0 Å². The number of nitrogens with two attached hydrogens (primary N) is 1. The van der Waals surface area contributed by atoms with Crippen molar-refractivity contribution >= 4 is 34.7 Å². The summed E-state index contributed by atoms with van der Waals surface area (Å²) in [5.74, 6) is 1.12. The second-order valence-electron chi connectivity index (χ2n) is 5.08. The lowest BCUT2D eigenvalue weighted by atomic mass is 10.1. The lowest BCUT2D eigenvalue weighted by Gasteiger charge is -2.23. The topological polar surface area (TPSA) is 68.2 Å². The normalized spacial score (nSPS) is 17.0. The number of thioether (sulfide) groups is 1. The average Bonchev–Trinajstić information content (AvgIpc) is 2.92. The monoisotopic (exact) mass is 309 g/mol. The highest BCUT2D eigenvalue weighted by Crippen LogP contribution is 2.32. The first-order valence-electron chi connectivity index (χ1n) is 6.97. The van der Waals surface area contributed by atoms with Crippen molar-refractivity contribution in [2.24, 2.45) is 10.7 Å². The van der Waals surface area contributed by atoms with Gasteiger partial charge in [-0.2, -0.15) is 0 Å². The SMILES string of the molecule is CSc1ccc([C@@H]2N=C(N)Nc3nc4ccccc4n32)cc1. The molecule has 22 heavy (non-hydrogen) atoms. The summed E-state index contributed by atoms with van der Waals surface area (Å²) in [7, 11) is 0. The van der Waals surface area contributed by atoms with Gasteiger partial charge in [-0.05, 0) is 36.1 Å². The largest absolute Gasteiger partial charge is 0.370 e. The third kappa shape index (κ3) is 2.03. The average molecular weight is 309 g/mol. The smallest absolute Gasteiger partial charge is 0.212 e. The van der Waals surface area contributed by atoms with Gasteiger partial charge in [0.15, 0.2) is 12.1 Å². The zero-order chi connectivity index (χ0) is 15.1. The Bertz CT molecular complexity index is 866. The van der Waals surface area contributed by atoms with Gasteiger partial charge in [0.1, 0.15) is 0 Å². The maximum atomic E-state index is 5.94. The molecule has 0 saturated heterocycles. The molecule has 0 aliphatic carbocycles. The van der Waals surface area contributed by atoms with Crippen molar-refractivity contribution in [3.63, 3.8) is 0 Å². The van der Waals surface area contributed by atoms with Gasteiger partial charge < -0.3 is 5.73 Å². The van der Waals surface area contributed by atoms with Crippen LogP contribution in [0.2, 0.25) is 0 Å². The van der Waals surface area contributed by atoms with Crippen LogP contribution < -0.4 is 11.1 Å². The van der Waals surface area contributed by atoms with E-state index in [1.165, 1.54) is 4.90 Å². The Labute approximate surface area is 132 Å². The molecule has 1 aliphatic heterocycles. The van der Waals surface area contributed by atoms with Crippen molar-refractivity contribution in [2.75, 3.05) is 11.6 Å². The number of imidazole rings is 1. The van der Waals surface area contributed by atoms with Crippen LogP contribution >= 0.6 is 11.8 Å². The molecule has 0 saturated carbocycles. The molecule has 2 heterocycles. The number of aromatic nitrogens is 2. The van der Waals surface area contributed by atoms with Crippen molar-refractivity contribution in [3.05, 3.63) is 54.1 Å². The summed E-state index contributed by atoms with van der Waals surface area (Å²) in [4.78, 5) is 10.4. The molecule has 0 amide bonds. The van der Waals surface area contributed by atoms with Gasteiger partial charge in [-0.25, -0.2) is 9.98 Å². The van der Waals surface area contributed by atoms with Gasteiger partial charge in [0.2, 0.25) is 5.95 Å². The number of benzene rings is 2. The molecule has 6 heteroatoms. The van der Waals surface area contributed by atoms with E-state index in [2.05, 4.69) is 50.4 Å². The van der Waals surface area contributed by atoms with Gasteiger partial charge in [0.05, 0.1) is 11.0 Å². The quantitative estimate of drug-likeness (QED) is 0.714. The van der Waals surface area contributed by atoms with E-state index in [0.717, 1.165) is 22.5 Å². The number of hydrogen-bond donors (Lipinski definition) is 2. The molecule has 4 rings (SSSR count). The summed E-state index contributed by atoms with van der Waals surface area (Å²) in [5, 5.41) is 3.05. The van der Waals surface area contributed by atoms with Crippen LogP contribution in [0.4, 0.5) is 5.95 Å². The molecule has 3 N–H and O–H groups in total. The minimum atomic E-state index is -0.195. The number of nitrogens with zero attached hydrogens (tertiary/aromatic N) is 3. The van der Waals surface area contributed by atoms with Crippen LogP contribution in [-0.2, 0) is 0 Å². The summed E-state index contributed by atoms with van der Waals surface area (Å²) in [6, 6.07) is 16.4. The number of fused-ring (bicyclic) bond motifs is 3. The third-order valence-electron chi connectivity index (χ3n) is 3.76. The zero-order valence-corrected chi connectivity index (χ0v) is 12.8. The van der Waals surface area contributed by atoms with Crippen molar-refractivity contribution in [2.45, 2.75) is 11.1 Å². The zero-order valence-electron chi connectivity index (χ0n) is 12.0. The third-order valence-corrected chi connectivity index (χ3v) is 4.50. The molecule has 110 valence electrons. The first kappa shape index (κ1) is 13.2. The van der Waals surface area contributed by atoms with Crippen LogP contribution in [0.1, 0.15) is 11.7 Å². The number of guanidine groups is 1. The fraction of sp³-hybridized carbons (Fsp3) is 0.125. The fourth-order valence-corrected chi connectivity index (χ4v) is 3.12. The number of nitrogens with one attached hydrogen (secondary N) is 1. The summed E-state index contributed by atoms with van der Waals surface area (Å²) in [5.41, 5.74) is 9.00. The molecule has 1 atom stereocenters. The van der Waals surface area contributed by atoms with E-state index in [1.807, 2.05) is 24.3 Å². The lowest BCUT2D eigenvalue weighted by molar-refractivity contribution is 0.625. The standard InChI is InChI=1S/C16H15N5S/c1-22-11-8-6-10(7-9-11)14-19-15(17)20-16-18-12-4-2-3-5-13(12)21(14)16/h2-9,14H,1H3,(H3,17,18,19,20)/t14-/m1/s1. The molecular formula is C16H15N5S. The second-order valence-corrected chi connectivity index (χ2v) is 5.96. The Kier molecular flexibility index (Phi) is 3.04. The van der Waals surface area contributed by atoms with E-state index in [9.17, 15) is 0 Å². The minimum Gasteiger partial charge on any atom is -0.370 e. The van der Waals surface area contributed by atoms with E-state index in [1.54, 1.807) is 11.8 Å². The Balaban J connectivity index is 1.89. The molecule has 1 aromatic heterocycles. The molecule has 1 aliphatic rings. The molecule has 0 radical (unpaired) electrons. The number of aliphatic imine (C=N–C) groups is 1. The summed E-state index contributed by atoms with van der Waals surface area (Å²) >= 11 is 1.72. The first-order valence-corrected chi connectivity index (χ1v) is 8.20. The molecule has 3 aromatic rings. The van der Waals surface area contributed by atoms with Crippen LogP contribution in [0.5, 0.6) is 0 Å². The Morgan fingerprint density at radius 3 is 2.68 bits per heavy atom. The summed E-state index contributed by atoms with van der Waals surface area (Å²) in [6.45, 7) is 0. The predicted molar refractivity (Wildman–Crippen MR) is 91.3 cm³/mol. The molecule has 5 nitrogen and oxygen atoms in total. The number of anilines is 1. The van der Waals surface area contributed by atoms with Crippen LogP contribution in [-0.4, -0.2) is 21.8 Å². The van der Waals surface area contributed by atoms with Gasteiger partial charge in [-0.15, -0.1) is 11.8 Å². The van der Waals surface area contributed by atoms with E-state index >= 15 is 0 Å². The number of rotatable bonds is 2. The Morgan fingerprint density at radius 1 is 1.14 bits per heavy atom. The van der Waals surface area contributed by atoms with Crippen molar-refractivity contribution in [1.82, 2.24) is 9.55 Å². The Morgan fingerprint density at radius 2 is 1.91 bits per heavy atom. The minimum absolute atomic E-state index is 0.195. The molecular weight excluding hydrogens is 294 g/mol. The summed E-state index contributed by atoms with van der Waals surface area (Å²) < 4.78 is 2.08. The summed E-state index contributed by atoms with van der Waals surface area (Å²) in [6.07, 6.45) is 1.87. The number of para-hydroxylation sites is 2. The maximum Gasteiger partial charge on any atom is 0.212 e. The van der Waals surface area contributed by atoms with Crippen LogP contribution in [0.3, 0.4) is 0 Å². The van der Waals surface area contributed by atoms with Crippen molar-refractivity contribution < 1.29 is 0 Å². The van der Waals surface area contributed by atoms with Gasteiger partial charge in [0, 0.05) is 4.90 Å². The predicted octanol–water partition coefficient (Wildman–Crippen LogP) is 3.05. The first-order chi connectivity index (χ1) is 10.8.